The first-order valence-electron chi connectivity index (χ1n) is 3.57. The SMILES string of the molecule is FC(F)(F)C(Cl)=Nc1ccc(Br)cc1Cl. The minimum Gasteiger partial charge on any atom is -0.231 e. The summed E-state index contributed by atoms with van der Waals surface area (Å²) in [5.74, 6) is 0. The monoisotopic (exact) mass is 319 g/mol. The van der Waals surface area contributed by atoms with Gasteiger partial charge >= 0.3 is 6.18 Å². The van der Waals surface area contributed by atoms with E-state index in [1.807, 2.05) is 0 Å². The standard InChI is InChI=1S/C8H3BrCl2F3N/c9-4-1-2-6(5(10)3-4)15-7(11)8(12,13)14/h1-3H. The van der Waals surface area contributed by atoms with Gasteiger partial charge in [-0.25, -0.2) is 4.99 Å². The summed E-state index contributed by atoms with van der Waals surface area (Å²) < 4.78 is 36.7. The predicted molar refractivity (Wildman–Crippen MR) is 58.2 cm³/mol. The fourth-order valence-electron chi connectivity index (χ4n) is 0.741. The molecule has 0 fully saturated rings. The van der Waals surface area contributed by atoms with Gasteiger partial charge in [-0.05, 0) is 18.2 Å². The third kappa shape index (κ3) is 3.66. The summed E-state index contributed by atoms with van der Waals surface area (Å²) >= 11 is 13.7. The normalized spacial score (nSPS) is 13.1. The molecule has 1 nitrogen and oxygen atoms in total. The Balaban J connectivity index is 3.09. The van der Waals surface area contributed by atoms with Crippen LogP contribution in [-0.2, 0) is 0 Å². The molecule has 0 atom stereocenters. The zero-order valence-electron chi connectivity index (χ0n) is 6.95. The Morgan fingerprint density at radius 2 is 1.93 bits per heavy atom. The van der Waals surface area contributed by atoms with Crippen molar-refractivity contribution in [1.29, 1.82) is 0 Å². The van der Waals surface area contributed by atoms with E-state index in [4.69, 9.17) is 23.2 Å². The van der Waals surface area contributed by atoms with Crippen molar-refractivity contribution in [2.45, 2.75) is 6.18 Å². The molecule has 0 aliphatic heterocycles. The number of hydrogen-bond donors (Lipinski definition) is 0. The summed E-state index contributed by atoms with van der Waals surface area (Å²) in [5.41, 5.74) is -0.0257. The predicted octanol–water partition coefficient (Wildman–Crippen LogP) is 4.93. The van der Waals surface area contributed by atoms with Crippen LogP contribution in [0.2, 0.25) is 5.02 Å². The van der Waals surface area contributed by atoms with E-state index in [0.29, 0.717) is 4.47 Å². The number of hydrogen-bond acceptors (Lipinski definition) is 1. The quantitative estimate of drug-likeness (QED) is 0.650. The molecule has 82 valence electrons. The number of halogens is 6. The van der Waals surface area contributed by atoms with Gasteiger partial charge in [-0.1, -0.05) is 39.1 Å². The molecular formula is C8H3BrCl2F3N. The fraction of sp³-hybridized carbons (Fsp3) is 0.125. The van der Waals surface area contributed by atoms with Crippen molar-refractivity contribution in [3.05, 3.63) is 27.7 Å². The first-order chi connectivity index (χ1) is 6.80. The molecule has 0 amide bonds. The van der Waals surface area contributed by atoms with Gasteiger partial charge in [0.1, 0.15) is 0 Å². The smallest absolute Gasteiger partial charge is 0.231 e. The Kier molecular flexibility index (Phi) is 4.03. The van der Waals surface area contributed by atoms with Crippen LogP contribution < -0.4 is 0 Å². The minimum atomic E-state index is -4.65. The maximum atomic E-state index is 12.0. The Morgan fingerprint density at radius 3 is 2.40 bits per heavy atom. The van der Waals surface area contributed by atoms with E-state index in [1.54, 1.807) is 0 Å². The van der Waals surface area contributed by atoms with Gasteiger partial charge in [0.15, 0.2) is 0 Å². The van der Waals surface area contributed by atoms with Crippen molar-refractivity contribution in [2.24, 2.45) is 4.99 Å². The van der Waals surface area contributed by atoms with Crippen LogP contribution in [0.5, 0.6) is 0 Å². The lowest BCUT2D eigenvalue weighted by atomic mass is 10.3. The van der Waals surface area contributed by atoms with Crippen LogP contribution in [0.1, 0.15) is 0 Å². The van der Waals surface area contributed by atoms with Crippen molar-refractivity contribution in [2.75, 3.05) is 0 Å². The lowest BCUT2D eigenvalue weighted by molar-refractivity contribution is -0.0558. The number of aliphatic imine (C=N–C) groups is 1. The van der Waals surface area contributed by atoms with E-state index in [9.17, 15) is 13.2 Å². The van der Waals surface area contributed by atoms with Crippen LogP contribution in [0, 0.1) is 0 Å². The number of benzene rings is 1. The molecule has 0 saturated carbocycles. The van der Waals surface area contributed by atoms with Gasteiger partial charge in [0.05, 0.1) is 10.7 Å². The molecule has 0 spiro atoms. The fourth-order valence-corrected chi connectivity index (χ4v) is 1.55. The molecule has 0 aliphatic rings. The molecule has 1 aromatic carbocycles. The Morgan fingerprint density at radius 1 is 1.33 bits per heavy atom. The highest BCUT2D eigenvalue weighted by Gasteiger charge is 2.34. The van der Waals surface area contributed by atoms with Gasteiger partial charge < -0.3 is 0 Å². The highest BCUT2D eigenvalue weighted by Crippen LogP contribution is 2.31. The number of alkyl halides is 3. The number of nitrogens with zero attached hydrogens (tertiary/aromatic N) is 1. The molecule has 1 aromatic rings. The highest BCUT2D eigenvalue weighted by atomic mass is 79.9. The van der Waals surface area contributed by atoms with Crippen LogP contribution in [0.3, 0.4) is 0 Å². The van der Waals surface area contributed by atoms with Gasteiger partial charge in [0.2, 0.25) is 5.17 Å². The second-order valence-corrected chi connectivity index (χ2v) is 4.18. The largest absolute Gasteiger partial charge is 0.444 e. The molecule has 0 aliphatic carbocycles. The molecule has 7 heteroatoms. The van der Waals surface area contributed by atoms with Crippen molar-refractivity contribution < 1.29 is 13.2 Å². The molecule has 0 unspecified atom stereocenters. The van der Waals surface area contributed by atoms with E-state index in [2.05, 4.69) is 20.9 Å². The summed E-state index contributed by atoms with van der Waals surface area (Å²) in [6.07, 6.45) is -4.65. The number of rotatable bonds is 1. The minimum absolute atomic E-state index is 0.0257. The third-order valence-corrected chi connectivity index (χ3v) is 2.46. The van der Waals surface area contributed by atoms with E-state index < -0.39 is 11.3 Å². The van der Waals surface area contributed by atoms with E-state index in [0.717, 1.165) is 0 Å². The first-order valence-corrected chi connectivity index (χ1v) is 5.12. The molecule has 0 saturated heterocycles. The van der Waals surface area contributed by atoms with Gasteiger partial charge in [0.25, 0.3) is 0 Å². The molecule has 0 bridgehead atoms. The summed E-state index contributed by atoms with van der Waals surface area (Å²) in [4.78, 5) is 3.18. The molecule has 1 rings (SSSR count). The van der Waals surface area contributed by atoms with Crippen molar-refractivity contribution >= 4 is 50.0 Å². The maximum Gasteiger partial charge on any atom is 0.444 e. The zero-order chi connectivity index (χ0) is 11.6. The molecular weight excluding hydrogens is 318 g/mol. The second-order valence-electron chi connectivity index (χ2n) is 2.50. The molecule has 0 aromatic heterocycles. The van der Waals surface area contributed by atoms with Gasteiger partial charge in [-0.2, -0.15) is 13.2 Å². The molecule has 15 heavy (non-hydrogen) atoms. The van der Waals surface area contributed by atoms with E-state index >= 15 is 0 Å². The third-order valence-electron chi connectivity index (χ3n) is 1.36. The highest BCUT2D eigenvalue weighted by molar-refractivity contribution is 9.10. The Labute approximate surface area is 102 Å². The van der Waals surface area contributed by atoms with E-state index in [1.165, 1.54) is 18.2 Å². The van der Waals surface area contributed by atoms with Crippen LogP contribution in [0.25, 0.3) is 0 Å². The van der Waals surface area contributed by atoms with Crippen molar-refractivity contribution in [3.8, 4) is 0 Å². The second kappa shape index (κ2) is 4.72. The summed E-state index contributed by atoms with van der Waals surface area (Å²) in [6, 6.07) is 4.28. The average molecular weight is 321 g/mol. The first kappa shape index (κ1) is 12.8. The Hall–Kier alpha value is -0.260. The summed E-state index contributed by atoms with van der Waals surface area (Å²) in [7, 11) is 0. The van der Waals surface area contributed by atoms with Crippen LogP contribution >= 0.6 is 39.1 Å². The Bertz CT molecular complexity index is 403. The van der Waals surface area contributed by atoms with Crippen LogP contribution in [0.4, 0.5) is 18.9 Å². The van der Waals surface area contributed by atoms with Crippen molar-refractivity contribution in [3.63, 3.8) is 0 Å². The summed E-state index contributed by atoms with van der Waals surface area (Å²) in [5, 5.41) is -1.36. The van der Waals surface area contributed by atoms with Crippen molar-refractivity contribution in [1.82, 2.24) is 0 Å². The van der Waals surface area contributed by atoms with Gasteiger partial charge in [-0.3, -0.25) is 0 Å². The van der Waals surface area contributed by atoms with Gasteiger partial charge in [-0.15, -0.1) is 0 Å². The van der Waals surface area contributed by atoms with Crippen LogP contribution in [-0.4, -0.2) is 11.3 Å². The molecule has 0 radical (unpaired) electrons. The lowest BCUT2D eigenvalue weighted by Gasteiger charge is -2.04. The molecule has 0 N–H and O–H groups in total. The maximum absolute atomic E-state index is 12.0. The average Bonchev–Trinajstić information content (AvgIpc) is 2.08. The lowest BCUT2D eigenvalue weighted by Crippen LogP contribution is -2.16. The zero-order valence-corrected chi connectivity index (χ0v) is 10.0. The topological polar surface area (TPSA) is 12.4 Å². The molecule has 0 heterocycles. The van der Waals surface area contributed by atoms with Crippen LogP contribution in [0.15, 0.2) is 27.7 Å². The van der Waals surface area contributed by atoms with E-state index in [-0.39, 0.29) is 10.7 Å². The summed E-state index contributed by atoms with van der Waals surface area (Å²) in [6.45, 7) is 0. The van der Waals surface area contributed by atoms with Gasteiger partial charge in [0, 0.05) is 4.47 Å².